The Kier molecular flexibility index (Phi) is 4.17. The zero-order valence-corrected chi connectivity index (χ0v) is 11.2. The predicted octanol–water partition coefficient (Wildman–Crippen LogP) is 1.95. The van der Waals surface area contributed by atoms with Crippen LogP contribution in [0.2, 0.25) is 0 Å². The SMILES string of the molecule is CNCc1ccc(Sc2nccc(=O)[nH]2)cc1C. The molecule has 2 N–H and O–H groups in total. The first-order valence-corrected chi connectivity index (χ1v) is 6.48. The highest BCUT2D eigenvalue weighted by molar-refractivity contribution is 7.99. The first-order valence-electron chi connectivity index (χ1n) is 5.66. The van der Waals surface area contributed by atoms with Gasteiger partial charge in [-0.25, -0.2) is 4.98 Å². The Morgan fingerprint density at radius 1 is 1.39 bits per heavy atom. The second-order valence-corrected chi connectivity index (χ2v) is 5.02. The molecule has 0 saturated heterocycles. The van der Waals surface area contributed by atoms with Gasteiger partial charge in [-0.15, -0.1) is 0 Å². The quantitative estimate of drug-likeness (QED) is 0.826. The lowest BCUT2D eigenvalue weighted by Gasteiger charge is -2.07. The molecule has 0 bridgehead atoms. The maximum absolute atomic E-state index is 11.2. The van der Waals surface area contributed by atoms with E-state index in [2.05, 4.69) is 34.3 Å². The van der Waals surface area contributed by atoms with E-state index in [-0.39, 0.29) is 5.56 Å². The maximum atomic E-state index is 11.2. The Bertz CT molecular complexity index is 595. The van der Waals surface area contributed by atoms with Crippen molar-refractivity contribution in [1.29, 1.82) is 0 Å². The molecule has 1 heterocycles. The zero-order chi connectivity index (χ0) is 13.0. The summed E-state index contributed by atoms with van der Waals surface area (Å²) in [6, 6.07) is 7.64. The Balaban J connectivity index is 2.20. The molecule has 0 saturated carbocycles. The van der Waals surface area contributed by atoms with Crippen LogP contribution < -0.4 is 10.9 Å². The molecule has 94 valence electrons. The molecule has 0 aliphatic heterocycles. The third-order valence-electron chi connectivity index (χ3n) is 2.54. The lowest BCUT2D eigenvalue weighted by molar-refractivity contribution is 0.811. The van der Waals surface area contributed by atoms with E-state index >= 15 is 0 Å². The molecular formula is C13H15N3OS. The van der Waals surface area contributed by atoms with Crippen LogP contribution in [0.1, 0.15) is 11.1 Å². The summed E-state index contributed by atoms with van der Waals surface area (Å²) in [7, 11) is 1.93. The fourth-order valence-corrected chi connectivity index (χ4v) is 2.50. The van der Waals surface area contributed by atoms with E-state index in [1.807, 2.05) is 13.1 Å². The van der Waals surface area contributed by atoms with E-state index in [0.29, 0.717) is 5.16 Å². The number of nitrogens with zero attached hydrogens (tertiary/aromatic N) is 1. The van der Waals surface area contributed by atoms with Crippen molar-refractivity contribution in [2.75, 3.05) is 7.05 Å². The Morgan fingerprint density at radius 3 is 2.89 bits per heavy atom. The molecule has 1 aromatic carbocycles. The average Bonchev–Trinajstić information content (AvgIpc) is 2.33. The molecule has 1 aromatic heterocycles. The van der Waals surface area contributed by atoms with Gasteiger partial charge >= 0.3 is 0 Å². The molecule has 4 nitrogen and oxygen atoms in total. The average molecular weight is 261 g/mol. The van der Waals surface area contributed by atoms with Crippen LogP contribution in [0.5, 0.6) is 0 Å². The van der Waals surface area contributed by atoms with Crippen molar-refractivity contribution in [1.82, 2.24) is 15.3 Å². The van der Waals surface area contributed by atoms with Crippen molar-refractivity contribution >= 4 is 11.8 Å². The summed E-state index contributed by atoms with van der Waals surface area (Å²) in [5.74, 6) is 0. The summed E-state index contributed by atoms with van der Waals surface area (Å²) >= 11 is 1.46. The van der Waals surface area contributed by atoms with Gasteiger partial charge in [-0.3, -0.25) is 4.79 Å². The smallest absolute Gasteiger partial charge is 0.251 e. The van der Waals surface area contributed by atoms with Gasteiger partial charge in [-0.2, -0.15) is 0 Å². The van der Waals surface area contributed by atoms with Gasteiger partial charge in [-0.1, -0.05) is 17.8 Å². The number of aromatic nitrogens is 2. The minimum atomic E-state index is -0.129. The number of benzene rings is 1. The third-order valence-corrected chi connectivity index (χ3v) is 3.43. The normalized spacial score (nSPS) is 10.6. The second kappa shape index (κ2) is 5.84. The topological polar surface area (TPSA) is 57.8 Å². The van der Waals surface area contributed by atoms with Crippen LogP contribution in [-0.2, 0) is 6.54 Å². The van der Waals surface area contributed by atoms with Crippen molar-refractivity contribution in [2.45, 2.75) is 23.5 Å². The molecule has 18 heavy (non-hydrogen) atoms. The number of hydrogen-bond acceptors (Lipinski definition) is 4. The fraction of sp³-hybridized carbons (Fsp3) is 0.231. The van der Waals surface area contributed by atoms with Crippen LogP contribution in [0.4, 0.5) is 0 Å². The molecule has 0 radical (unpaired) electrons. The van der Waals surface area contributed by atoms with E-state index in [1.54, 1.807) is 0 Å². The number of H-pyrrole nitrogens is 1. The number of aryl methyl sites for hydroxylation is 1. The molecule has 2 rings (SSSR count). The van der Waals surface area contributed by atoms with Crippen LogP contribution in [0.3, 0.4) is 0 Å². The fourth-order valence-electron chi connectivity index (χ4n) is 1.64. The summed E-state index contributed by atoms with van der Waals surface area (Å²) in [6.07, 6.45) is 1.52. The molecule has 0 amide bonds. The van der Waals surface area contributed by atoms with Crippen LogP contribution in [-0.4, -0.2) is 17.0 Å². The van der Waals surface area contributed by atoms with Crippen LogP contribution >= 0.6 is 11.8 Å². The van der Waals surface area contributed by atoms with Crippen molar-refractivity contribution < 1.29 is 0 Å². The molecule has 0 fully saturated rings. The molecule has 5 heteroatoms. The van der Waals surface area contributed by atoms with E-state index in [4.69, 9.17) is 0 Å². The van der Waals surface area contributed by atoms with E-state index < -0.39 is 0 Å². The van der Waals surface area contributed by atoms with Gasteiger partial charge in [0.25, 0.3) is 5.56 Å². The summed E-state index contributed by atoms with van der Waals surface area (Å²) in [6.45, 7) is 2.94. The van der Waals surface area contributed by atoms with Gasteiger partial charge in [0.15, 0.2) is 5.16 Å². The first kappa shape index (κ1) is 12.9. The van der Waals surface area contributed by atoms with Crippen molar-refractivity contribution in [3.8, 4) is 0 Å². The number of rotatable bonds is 4. The van der Waals surface area contributed by atoms with Gasteiger partial charge in [0.05, 0.1) is 0 Å². The van der Waals surface area contributed by atoms with Gasteiger partial charge < -0.3 is 10.3 Å². The van der Waals surface area contributed by atoms with Crippen molar-refractivity contribution in [2.24, 2.45) is 0 Å². The highest BCUT2D eigenvalue weighted by Crippen LogP contribution is 2.25. The largest absolute Gasteiger partial charge is 0.316 e. The van der Waals surface area contributed by atoms with Crippen LogP contribution in [0.15, 0.2) is 45.3 Å². The van der Waals surface area contributed by atoms with Gasteiger partial charge in [0.2, 0.25) is 0 Å². The molecule has 0 spiro atoms. The van der Waals surface area contributed by atoms with Crippen LogP contribution in [0.25, 0.3) is 0 Å². The number of nitrogens with one attached hydrogen (secondary N) is 2. The third kappa shape index (κ3) is 3.21. The summed E-state index contributed by atoms with van der Waals surface area (Å²) < 4.78 is 0. The lowest BCUT2D eigenvalue weighted by atomic mass is 10.1. The molecule has 0 unspecified atom stereocenters. The minimum Gasteiger partial charge on any atom is -0.316 e. The number of hydrogen-bond donors (Lipinski definition) is 2. The van der Waals surface area contributed by atoms with Gasteiger partial charge in [-0.05, 0) is 37.2 Å². The molecule has 0 aliphatic rings. The molecule has 0 atom stereocenters. The monoisotopic (exact) mass is 261 g/mol. The minimum absolute atomic E-state index is 0.129. The standard InChI is InChI=1S/C13H15N3OS/c1-9-7-11(4-3-10(9)8-14-2)18-13-15-6-5-12(17)16-13/h3-7,14H,8H2,1-2H3,(H,15,16,17). The van der Waals surface area contributed by atoms with Crippen LogP contribution in [0, 0.1) is 6.92 Å². The van der Waals surface area contributed by atoms with Gasteiger partial charge in [0, 0.05) is 23.7 Å². The Morgan fingerprint density at radius 2 is 2.22 bits per heavy atom. The second-order valence-electron chi connectivity index (χ2n) is 3.96. The van der Waals surface area contributed by atoms with Gasteiger partial charge in [0.1, 0.15) is 0 Å². The summed E-state index contributed by atoms with van der Waals surface area (Å²) in [5.41, 5.74) is 2.38. The Labute approximate surface area is 110 Å². The zero-order valence-electron chi connectivity index (χ0n) is 10.4. The first-order chi connectivity index (χ1) is 8.69. The molecule has 0 aliphatic carbocycles. The molecule has 2 aromatic rings. The Hall–Kier alpha value is -1.59. The lowest BCUT2D eigenvalue weighted by Crippen LogP contribution is -2.06. The predicted molar refractivity (Wildman–Crippen MR) is 72.9 cm³/mol. The van der Waals surface area contributed by atoms with Crippen molar-refractivity contribution in [3.63, 3.8) is 0 Å². The van der Waals surface area contributed by atoms with E-state index in [9.17, 15) is 4.79 Å². The number of aromatic amines is 1. The highest BCUT2D eigenvalue weighted by atomic mass is 32.2. The highest BCUT2D eigenvalue weighted by Gasteiger charge is 2.03. The van der Waals surface area contributed by atoms with Crippen molar-refractivity contribution in [3.05, 3.63) is 51.9 Å². The summed E-state index contributed by atoms with van der Waals surface area (Å²) in [4.78, 5) is 19.1. The summed E-state index contributed by atoms with van der Waals surface area (Å²) in [5, 5.41) is 3.75. The molecular weight excluding hydrogens is 246 g/mol. The van der Waals surface area contributed by atoms with E-state index in [1.165, 1.54) is 35.2 Å². The van der Waals surface area contributed by atoms with E-state index in [0.717, 1.165) is 11.4 Å². The maximum Gasteiger partial charge on any atom is 0.251 e.